The van der Waals surface area contributed by atoms with Crippen LogP contribution in [0.4, 0.5) is 0 Å². The molecule has 2 rings (SSSR count). The quantitative estimate of drug-likeness (QED) is 0.778. The van der Waals surface area contributed by atoms with E-state index in [0.29, 0.717) is 11.3 Å². The van der Waals surface area contributed by atoms with E-state index in [-0.39, 0.29) is 17.5 Å². The van der Waals surface area contributed by atoms with Crippen LogP contribution in [0, 0.1) is 13.8 Å². The Morgan fingerprint density at radius 1 is 1.16 bits per heavy atom. The summed E-state index contributed by atoms with van der Waals surface area (Å²) in [6.45, 7) is 8.03. The van der Waals surface area contributed by atoms with Crippen molar-refractivity contribution in [3.63, 3.8) is 0 Å². The van der Waals surface area contributed by atoms with Crippen LogP contribution in [0.15, 0.2) is 30.5 Å². The number of aryl methyl sites for hydroxylation is 2. The highest BCUT2D eigenvalue weighted by molar-refractivity contribution is 7.90. The van der Waals surface area contributed by atoms with Crippen molar-refractivity contribution >= 4 is 9.84 Å². The van der Waals surface area contributed by atoms with Crippen molar-refractivity contribution in [1.29, 1.82) is 0 Å². The van der Waals surface area contributed by atoms with Crippen LogP contribution in [0.2, 0.25) is 0 Å². The fourth-order valence-electron chi connectivity index (χ4n) is 3.13. The summed E-state index contributed by atoms with van der Waals surface area (Å²) in [5.74, 6) is -0.448. The average Bonchev–Trinajstić information content (AvgIpc) is 2.95. The molecule has 0 saturated heterocycles. The number of hydrogen-bond donors (Lipinski definition) is 1. The first-order chi connectivity index (χ1) is 11.8. The lowest BCUT2D eigenvalue weighted by Crippen LogP contribution is -2.18. The first-order valence-corrected chi connectivity index (χ1v) is 10.6. The lowest BCUT2D eigenvalue weighted by molar-refractivity contribution is 0.201. The van der Waals surface area contributed by atoms with Gasteiger partial charge in [-0.05, 0) is 43.9 Å². The Labute approximate surface area is 150 Å². The summed E-state index contributed by atoms with van der Waals surface area (Å²) < 4.78 is 26.8. The van der Waals surface area contributed by atoms with E-state index in [1.165, 1.54) is 0 Å². The standard InChI is InChI=1S/C19H28N2O3S/c1-5-17(6-2)21-10-9-16(20-21)12-25(23,24)13-19(22)18-8-7-14(3)11-15(18)4/h7-11,17,19,22H,5-6,12-13H2,1-4H3. The average molecular weight is 365 g/mol. The van der Waals surface area contributed by atoms with Gasteiger partial charge in [-0.15, -0.1) is 0 Å². The Morgan fingerprint density at radius 2 is 1.84 bits per heavy atom. The summed E-state index contributed by atoms with van der Waals surface area (Å²) >= 11 is 0. The highest BCUT2D eigenvalue weighted by Crippen LogP contribution is 2.22. The van der Waals surface area contributed by atoms with E-state index < -0.39 is 15.9 Å². The fourth-order valence-corrected chi connectivity index (χ4v) is 4.52. The molecule has 1 aromatic heterocycles. The van der Waals surface area contributed by atoms with Gasteiger partial charge in [-0.1, -0.05) is 37.6 Å². The van der Waals surface area contributed by atoms with Crippen LogP contribution in [0.5, 0.6) is 0 Å². The van der Waals surface area contributed by atoms with Crippen molar-refractivity contribution < 1.29 is 13.5 Å². The molecule has 0 amide bonds. The maximum absolute atomic E-state index is 12.5. The van der Waals surface area contributed by atoms with E-state index >= 15 is 0 Å². The summed E-state index contributed by atoms with van der Waals surface area (Å²) in [5.41, 5.74) is 3.18. The number of aliphatic hydroxyl groups is 1. The smallest absolute Gasteiger partial charge is 0.158 e. The first kappa shape index (κ1) is 19.7. The Balaban J connectivity index is 2.09. The molecule has 1 heterocycles. The zero-order valence-corrected chi connectivity index (χ0v) is 16.3. The number of rotatable bonds is 8. The van der Waals surface area contributed by atoms with E-state index in [1.54, 1.807) is 12.1 Å². The molecular formula is C19H28N2O3S. The van der Waals surface area contributed by atoms with Crippen LogP contribution in [0.25, 0.3) is 0 Å². The third kappa shape index (κ3) is 5.16. The molecule has 0 fully saturated rings. The number of nitrogens with zero attached hydrogens (tertiary/aromatic N) is 2. The normalized spacial score (nSPS) is 13.4. The highest BCUT2D eigenvalue weighted by Gasteiger charge is 2.22. The monoisotopic (exact) mass is 364 g/mol. The van der Waals surface area contributed by atoms with Crippen LogP contribution >= 0.6 is 0 Å². The molecule has 1 N–H and O–H groups in total. The zero-order chi connectivity index (χ0) is 18.6. The second-order valence-electron chi connectivity index (χ2n) is 6.69. The fraction of sp³-hybridized carbons (Fsp3) is 0.526. The largest absolute Gasteiger partial charge is 0.387 e. The Bertz CT molecular complexity index is 808. The van der Waals surface area contributed by atoms with Crippen molar-refractivity contribution in [1.82, 2.24) is 9.78 Å². The summed E-state index contributed by atoms with van der Waals surface area (Å²) in [7, 11) is -3.46. The van der Waals surface area contributed by atoms with Gasteiger partial charge in [0.2, 0.25) is 0 Å². The highest BCUT2D eigenvalue weighted by atomic mass is 32.2. The van der Waals surface area contributed by atoms with Gasteiger partial charge < -0.3 is 5.11 Å². The maximum Gasteiger partial charge on any atom is 0.158 e. The molecule has 138 valence electrons. The number of aliphatic hydroxyl groups excluding tert-OH is 1. The molecule has 0 aliphatic heterocycles. The molecule has 2 aromatic rings. The molecule has 1 unspecified atom stereocenters. The minimum Gasteiger partial charge on any atom is -0.387 e. The van der Waals surface area contributed by atoms with Gasteiger partial charge in [0.25, 0.3) is 0 Å². The SMILES string of the molecule is CCC(CC)n1ccc(CS(=O)(=O)CC(O)c2ccc(C)cc2C)n1. The van der Waals surface area contributed by atoms with Gasteiger partial charge >= 0.3 is 0 Å². The zero-order valence-electron chi connectivity index (χ0n) is 15.4. The molecule has 1 atom stereocenters. The molecular weight excluding hydrogens is 336 g/mol. The Kier molecular flexibility index (Phi) is 6.41. The van der Waals surface area contributed by atoms with Crippen molar-refractivity contribution in [2.75, 3.05) is 5.75 Å². The first-order valence-electron chi connectivity index (χ1n) is 8.75. The van der Waals surface area contributed by atoms with Crippen molar-refractivity contribution in [3.8, 4) is 0 Å². The molecule has 0 radical (unpaired) electrons. The van der Waals surface area contributed by atoms with Crippen LogP contribution in [0.1, 0.15) is 61.2 Å². The summed E-state index contributed by atoms with van der Waals surface area (Å²) in [6.07, 6.45) is 2.72. The van der Waals surface area contributed by atoms with E-state index in [1.807, 2.05) is 36.9 Å². The predicted molar refractivity (Wildman–Crippen MR) is 100 cm³/mol. The van der Waals surface area contributed by atoms with Crippen LogP contribution in [-0.4, -0.2) is 29.1 Å². The number of aromatic nitrogens is 2. The molecule has 0 aliphatic rings. The number of hydrogen-bond acceptors (Lipinski definition) is 4. The van der Waals surface area contributed by atoms with Crippen molar-refractivity contribution in [2.24, 2.45) is 0 Å². The minimum absolute atomic E-state index is 0.151. The van der Waals surface area contributed by atoms with E-state index in [0.717, 1.165) is 24.0 Å². The summed E-state index contributed by atoms with van der Waals surface area (Å²) in [4.78, 5) is 0. The molecule has 1 aromatic carbocycles. The van der Waals surface area contributed by atoms with Gasteiger partial charge in [-0.3, -0.25) is 4.68 Å². The predicted octanol–water partition coefficient (Wildman–Crippen LogP) is 3.51. The molecule has 6 heteroatoms. The third-order valence-corrected chi connectivity index (χ3v) is 6.10. The molecule has 0 bridgehead atoms. The maximum atomic E-state index is 12.5. The van der Waals surface area contributed by atoms with Crippen molar-refractivity contribution in [3.05, 3.63) is 52.8 Å². The van der Waals surface area contributed by atoms with Crippen LogP contribution in [-0.2, 0) is 15.6 Å². The van der Waals surface area contributed by atoms with E-state index in [4.69, 9.17) is 0 Å². The van der Waals surface area contributed by atoms with Gasteiger partial charge in [0.1, 0.15) is 0 Å². The van der Waals surface area contributed by atoms with Gasteiger partial charge in [-0.2, -0.15) is 5.10 Å². The molecule has 5 nitrogen and oxygen atoms in total. The van der Waals surface area contributed by atoms with Crippen LogP contribution in [0.3, 0.4) is 0 Å². The van der Waals surface area contributed by atoms with Gasteiger partial charge in [0.05, 0.1) is 29.3 Å². The molecule has 0 saturated carbocycles. The molecule has 0 spiro atoms. The van der Waals surface area contributed by atoms with E-state index in [2.05, 4.69) is 18.9 Å². The van der Waals surface area contributed by atoms with Crippen molar-refractivity contribution in [2.45, 2.75) is 58.4 Å². The number of benzene rings is 1. The number of sulfone groups is 1. The minimum atomic E-state index is -3.46. The summed E-state index contributed by atoms with van der Waals surface area (Å²) in [6, 6.07) is 7.67. The van der Waals surface area contributed by atoms with Crippen LogP contribution < -0.4 is 0 Å². The lowest BCUT2D eigenvalue weighted by Gasteiger charge is -2.14. The van der Waals surface area contributed by atoms with Gasteiger partial charge in [0, 0.05) is 6.20 Å². The second kappa shape index (κ2) is 8.15. The van der Waals surface area contributed by atoms with Gasteiger partial charge in [0.15, 0.2) is 9.84 Å². The molecule has 0 aliphatic carbocycles. The molecule has 25 heavy (non-hydrogen) atoms. The Hall–Kier alpha value is -1.66. The summed E-state index contributed by atoms with van der Waals surface area (Å²) in [5, 5.41) is 14.8. The third-order valence-electron chi connectivity index (χ3n) is 4.54. The van der Waals surface area contributed by atoms with Gasteiger partial charge in [-0.25, -0.2) is 8.42 Å². The second-order valence-corrected chi connectivity index (χ2v) is 8.80. The van der Waals surface area contributed by atoms with E-state index in [9.17, 15) is 13.5 Å². The Morgan fingerprint density at radius 3 is 2.44 bits per heavy atom. The lowest BCUT2D eigenvalue weighted by atomic mass is 10.0. The topological polar surface area (TPSA) is 72.2 Å².